The zero-order valence-corrected chi connectivity index (χ0v) is 10.4. The van der Waals surface area contributed by atoms with Gasteiger partial charge in [-0.25, -0.2) is 9.37 Å². The number of hydrogen-bond acceptors (Lipinski definition) is 3. The van der Waals surface area contributed by atoms with Crippen molar-refractivity contribution in [3.8, 4) is 17.3 Å². The fourth-order valence-electron chi connectivity index (χ4n) is 1.44. The lowest BCUT2D eigenvalue weighted by Crippen LogP contribution is -1.97. The summed E-state index contributed by atoms with van der Waals surface area (Å²) >= 11 is 11.6. The van der Waals surface area contributed by atoms with Crippen LogP contribution in [0.3, 0.4) is 0 Å². The van der Waals surface area contributed by atoms with Gasteiger partial charge in [-0.2, -0.15) is 5.26 Å². The number of nitrogens with zero attached hydrogens (tertiary/aromatic N) is 2. The van der Waals surface area contributed by atoms with Gasteiger partial charge in [-0.15, -0.1) is 0 Å². The summed E-state index contributed by atoms with van der Waals surface area (Å²) in [5, 5.41) is 8.94. The van der Waals surface area contributed by atoms with Crippen molar-refractivity contribution in [1.82, 2.24) is 4.98 Å². The Balaban J connectivity index is 2.60. The fraction of sp³-hybridized carbons (Fsp3) is 0. The second-order valence-corrected chi connectivity index (χ2v) is 4.30. The maximum Gasteiger partial charge on any atom is 0.142 e. The number of benzene rings is 1. The van der Waals surface area contributed by atoms with Gasteiger partial charge in [0.2, 0.25) is 0 Å². The molecule has 0 atom stereocenters. The van der Waals surface area contributed by atoms with Crippen molar-refractivity contribution in [2.75, 3.05) is 5.73 Å². The molecule has 0 unspecified atom stereocenters. The molecule has 0 bridgehead atoms. The summed E-state index contributed by atoms with van der Waals surface area (Å²) in [7, 11) is 0. The van der Waals surface area contributed by atoms with Crippen molar-refractivity contribution < 1.29 is 4.39 Å². The summed E-state index contributed by atoms with van der Waals surface area (Å²) in [6, 6.07) is 7.41. The van der Waals surface area contributed by atoms with Crippen molar-refractivity contribution >= 4 is 29.0 Å². The third-order valence-electron chi connectivity index (χ3n) is 2.33. The largest absolute Gasteiger partial charge is 0.383 e. The summed E-state index contributed by atoms with van der Waals surface area (Å²) in [4.78, 5) is 4.01. The van der Waals surface area contributed by atoms with E-state index >= 15 is 0 Å². The lowest BCUT2D eigenvalue weighted by Gasteiger charge is -2.06. The van der Waals surface area contributed by atoms with Gasteiger partial charge >= 0.3 is 0 Å². The molecule has 1 aromatic heterocycles. The number of pyridine rings is 1. The first kappa shape index (κ1) is 12.6. The van der Waals surface area contributed by atoms with E-state index in [4.69, 9.17) is 34.2 Å². The van der Waals surface area contributed by atoms with E-state index in [0.29, 0.717) is 11.3 Å². The number of nitrogens with two attached hydrogens (primary N) is 1. The molecule has 2 rings (SSSR count). The van der Waals surface area contributed by atoms with Crippen molar-refractivity contribution in [2.24, 2.45) is 0 Å². The first-order chi connectivity index (χ1) is 8.52. The number of nitriles is 1. The van der Waals surface area contributed by atoms with Gasteiger partial charge in [-0.1, -0.05) is 23.2 Å². The van der Waals surface area contributed by atoms with E-state index in [0.717, 1.165) is 0 Å². The minimum absolute atomic E-state index is 0.0645. The van der Waals surface area contributed by atoms with Gasteiger partial charge < -0.3 is 5.73 Å². The van der Waals surface area contributed by atoms with Gasteiger partial charge in [0, 0.05) is 5.56 Å². The molecule has 6 heteroatoms. The minimum Gasteiger partial charge on any atom is -0.383 e. The van der Waals surface area contributed by atoms with Crippen molar-refractivity contribution in [3.63, 3.8) is 0 Å². The molecule has 90 valence electrons. The Bertz CT molecular complexity index is 665. The normalized spacial score (nSPS) is 10.1. The molecule has 0 amide bonds. The van der Waals surface area contributed by atoms with Crippen molar-refractivity contribution in [2.45, 2.75) is 0 Å². The molecule has 18 heavy (non-hydrogen) atoms. The predicted molar refractivity (Wildman–Crippen MR) is 68.8 cm³/mol. The lowest BCUT2D eigenvalue weighted by atomic mass is 10.1. The Kier molecular flexibility index (Phi) is 3.37. The van der Waals surface area contributed by atoms with Gasteiger partial charge in [-0.05, 0) is 24.3 Å². The van der Waals surface area contributed by atoms with E-state index in [1.807, 2.05) is 6.07 Å². The van der Waals surface area contributed by atoms with Crippen LogP contribution in [0.2, 0.25) is 10.0 Å². The molecule has 0 fully saturated rings. The van der Waals surface area contributed by atoms with Crippen LogP contribution in [0.1, 0.15) is 5.56 Å². The maximum atomic E-state index is 13.4. The third kappa shape index (κ3) is 2.23. The molecule has 1 aromatic carbocycles. The van der Waals surface area contributed by atoms with Crippen LogP contribution >= 0.6 is 23.2 Å². The molecular formula is C12H6Cl2FN3. The van der Waals surface area contributed by atoms with Gasteiger partial charge in [-0.3, -0.25) is 0 Å². The average molecular weight is 282 g/mol. The lowest BCUT2D eigenvalue weighted by molar-refractivity contribution is 0.628. The zero-order valence-electron chi connectivity index (χ0n) is 8.92. The first-order valence-electron chi connectivity index (χ1n) is 4.84. The quantitative estimate of drug-likeness (QED) is 0.812. The van der Waals surface area contributed by atoms with Crippen LogP contribution in [-0.4, -0.2) is 4.98 Å². The SMILES string of the molecule is N#Cc1ccc(-c2cc(F)c(Cl)cc2Cl)nc1N. The third-order valence-corrected chi connectivity index (χ3v) is 2.93. The molecule has 0 saturated heterocycles. The van der Waals surface area contributed by atoms with Crippen LogP contribution in [0.15, 0.2) is 24.3 Å². The Hall–Kier alpha value is -1.83. The molecule has 0 radical (unpaired) electrons. The van der Waals surface area contributed by atoms with Crippen LogP contribution < -0.4 is 5.73 Å². The van der Waals surface area contributed by atoms with E-state index < -0.39 is 5.82 Å². The Morgan fingerprint density at radius 1 is 1.22 bits per heavy atom. The molecule has 0 aliphatic carbocycles. The molecule has 2 aromatic rings. The highest BCUT2D eigenvalue weighted by Gasteiger charge is 2.11. The monoisotopic (exact) mass is 281 g/mol. The average Bonchev–Trinajstić information content (AvgIpc) is 2.33. The molecular weight excluding hydrogens is 276 g/mol. The highest BCUT2D eigenvalue weighted by Crippen LogP contribution is 2.31. The smallest absolute Gasteiger partial charge is 0.142 e. The van der Waals surface area contributed by atoms with Crippen molar-refractivity contribution in [1.29, 1.82) is 5.26 Å². The summed E-state index contributed by atoms with van der Waals surface area (Å²) in [5.74, 6) is -0.526. The Labute approximate surface area is 113 Å². The molecule has 0 saturated carbocycles. The minimum atomic E-state index is -0.596. The summed E-state index contributed by atoms with van der Waals surface area (Å²) in [5.41, 5.74) is 6.60. The second kappa shape index (κ2) is 4.81. The Morgan fingerprint density at radius 2 is 1.94 bits per heavy atom. The van der Waals surface area contributed by atoms with E-state index in [1.54, 1.807) is 6.07 Å². The zero-order chi connectivity index (χ0) is 13.3. The highest BCUT2D eigenvalue weighted by molar-refractivity contribution is 6.36. The summed E-state index contributed by atoms with van der Waals surface area (Å²) in [6.07, 6.45) is 0. The van der Waals surface area contributed by atoms with Crippen LogP contribution in [0.25, 0.3) is 11.3 Å². The molecule has 0 spiro atoms. The molecule has 0 aliphatic heterocycles. The summed E-state index contributed by atoms with van der Waals surface area (Å²) in [6.45, 7) is 0. The van der Waals surface area contributed by atoms with E-state index in [9.17, 15) is 4.39 Å². The first-order valence-corrected chi connectivity index (χ1v) is 5.60. The topological polar surface area (TPSA) is 62.7 Å². The van der Waals surface area contributed by atoms with Crippen LogP contribution in [-0.2, 0) is 0 Å². The van der Waals surface area contributed by atoms with Gasteiger partial charge in [0.25, 0.3) is 0 Å². The van der Waals surface area contributed by atoms with Crippen molar-refractivity contribution in [3.05, 3.63) is 45.7 Å². The highest BCUT2D eigenvalue weighted by atomic mass is 35.5. The summed E-state index contributed by atoms with van der Waals surface area (Å²) < 4.78 is 13.4. The number of halogens is 3. The molecule has 1 heterocycles. The number of rotatable bonds is 1. The van der Waals surface area contributed by atoms with Crippen LogP contribution in [0, 0.1) is 17.1 Å². The van der Waals surface area contributed by atoms with E-state index in [-0.39, 0.29) is 21.4 Å². The van der Waals surface area contributed by atoms with Gasteiger partial charge in [0.15, 0.2) is 0 Å². The standard InChI is InChI=1S/C12H6Cl2FN3/c13-8-4-9(14)10(15)3-7(8)11-2-1-6(5-16)12(17)18-11/h1-4H,(H2,17,18). The number of aromatic nitrogens is 1. The number of nitrogen functional groups attached to an aromatic ring is 1. The fourth-order valence-corrected chi connectivity index (χ4v) is 1.92. The molecule has 2 N–H and O–H groups in total. The number of hydrogen-bond donors (Lipinski definition) is 1. The van der Waals surface area contributed by atoms with Crippen LogP contribution in [0.4, 0.5) is 10.2 Å². The second-order valence-electron chi connectivity index (χ2n) is 3.49. The van der Waals surface area contributed by atoms with Gasteiger partial charge in [0.05, 0.1) is 21.3 Å². The maximum absolute atomic E-state index is 13.4. The van der Waals surface area contributed by atoms with E-state index in [1.165, 1.54) is 18.2 Å². The predicted octanol–water partition coefficient (Wildman–Crippen LogP) is 3.65. The van der Waals surface area contributed by atoms with Crippen LogP contribution in [0.5, 0.6) is 0 Å². The van der Waals surface area contributed by atoms with E-state index in [2.05, 4.69) is 4.98 Å². The molecule has 3 nitrogen and oxygen atoms in total. The molecule has 0 aliphatic rings. The van der Waals surface area contributed by atoms with Gasteiger partial charge in [0.1, 0.15) is 17.7 Å². The Morgan fingerprint density at radius 3 is 2.56 bits per heavy atom. The number of anilines is 1.